The summed E-state index contributed by atoms with van der Waals surface area (Å²) >= 11 is 5.20. The SMILES string of the molecule is CCNC(=S)N1CCNC(=O)C1CC. The summed E-state index contributed by atoms with van der Waals surface area (Å²) < 4.78 is 0. The van der Waals surface area contributed by atoms with Crippen LogP contribution in [0.5, 0.6) is 0 Å². The summed E-state index contributed by atoms with van der Waals surface area (Å²) in [6.07, 6.45) is 0.789. The Balaban J connectivity index is 2.64. The summed E-state index contributed by atoms with van der Waals surface area (Å²) in [6, 6.07) is -0.102. The highest BCUT2D eigenvalue weighted by atomic mass is 32.1. The molecule has 1 unspecified atom stereocenters. The van der Waals surface area contributed by atoms with Crippen LogP contribution in [0.25, 0.3) is 0 Å². The van der Waals surface area contributed by atoms with Crippen LogP contribution in [0.3, 0.4) is 0 Å². The Kier molecular flexibility index (Phi) is 4.13. The normalized spacial score (nSPS) is 21.7. The van der Waals surface area contributed by atoms with E-state index in [2.05, 4.69) is 10.6 Å². The van der Waals surface area contributed by atoms with Crippen LogP contribution in [-0.2, 0) is 4.79 Å². The van der Waals surface area contributed by atoms with Crippen LogP contribution in [-0.4, -0.2) is 41.6 Å². The van der Waals surface area contributed by atoms with Gasteiger partial charge in [0, 0.05) is 19.6 Å². The topological polar surface area (TPSA) is 44.4 Å². The quantitative estimate of drug-likeness (QED) is 0.641. The molecule has 1 fully saturated rings. The molecule has 0 saturated carbocycles. The molecular weight excluding hydrogens is 198 g/mol. The van der Waals surface area contributed by atoms with Crippen molar-refractivity contribution >= 4 is 23.2 Å². The zero-order valence-corrected chi connectivity index (χ0v) is 9.49. The van der Waals surface area contributed by atoms with E-state index in [4.69, 9.17) is 12.2 Å². The second-order valence-corrected chi connectivity index (χ2v) is 3.63. The molecule has 1 atom stereocenters. The van der Waals surface area contributed by atoms with Gasteiger partial charge in [-0.1, -0.05) is 6.92 Å². The van der Waals surface area contributed by atoms with Crippen LogP contribution in [0.1, 0.15) is 20.3 Å². The maximum Gasteiger partial charge on any atom is 0.242 e. The molecule has 0 aromatic carbocycles. The Morgan fingerprint density at radius 3 is 3.00 bits per heavy atom. The maximum atomic E-state index is 11.5. The molecule has 1 rings (SSSR count). The molecule has 0 bridgehead atoms. The number of amides is 1. The average Bonchev–Trinajstić information content (AvgIpc) is 2.17. The molecule has 14 heavy (non-hydrogen) atoms. The van der Waals surface area contributed by atoms with Gasteiger partial charge in [0.25, 0.3) is 0 Å². The lowest BCUT2D eigenvalue weighted by molar-refractivity contribution is -0.127. The number of rotatable bonds is 2. The van der Waals surface area contributed by atoms with Crippen molar-refractivity contribution in [2.45, 2.75) is 26.3 Å². The van der Waals surface area contributed by atoms with Crippen LogP contribution in [0.2, 0.25) is 0 Å². The average molecular weight is 215 g/mol. The third kappa shape index (κ3) is 2.35. The van der Waals surface area contributed by atoms with Crippen molar-refractivity contribution in [1.82, 2.24) is 15.5 Å². The van der Waals surface area contributed by atoms with Crippen LogP contribution >= 0.6 is 12.2 Å². The van der Waals surface area contributed by atoms with Crippen LogP contribution in [0, 0.1) is 0 Å². The molecule has 0 aromatic rings. The summed E-state index contributed by atoms with van der Waals surface area (Å²) in [7, 11) is 0. The minimum absolute atomic E-state index is 0.0824. The summed E-state index contributed by atoms with van der Waals surface area (Å²) in [5, 5.41) is 6.61. The number of nitrogens with one attached hydrogen (secondary N) is 2. The molecule has 0 radical (unpaired) electrons. The third-order valence-electron chi connectivity index (χ3n) is 2.31. The monoisotopic (exact) mass is 215 g/mol. The lowest BCUT2D eigenvalue weighted by atomic mass is 10.1. The Labute approximate surface area is 90.0 Å². The summed E-state index contributed by atoms with van der Waals surface area (Å²) in [4.78, 5) is 13.5. The minimum atomic E-state index is -0.102. The van der Waals surface area contributed by atoms with Crippen molar-refractivity contribution in [2.24, 2.45) is 0 Å². The van der Waals surface area contributed by atoms with Crippen LogP contribution in [0.15, 0.2) is 0 Å². The first-order valence-electron chi connectivity index (χ1n) is 5.02. The fraction of sp³-hybridized carbons (Fsp3) is 0.778. The van der Waals surface area contributed by atoms with Crippen molar-refractivity contribution in [3.05, 3.63) is 0 Å². The Morgan fingerprint density at radius 2 is 2.43 bits per heavy atom. The zero-order chi connectivity index (χ0) is 10.6. The number of nitrogens with zero attached hydrogens (tertiary/aromatic N) is 1. The molecule has 0 aliphatic carbocycles. The molecular formula is C9H17N3OS. The predicted octanol–water partition coefficient (Wildman–Crippen LogP) is 0.0912. The van der Waals surface area contributed by atoms with Crippen molar-refractivity contribution in [1.29, 1.82) is 0 Å². The summed E-state index contributed by atoms with van der Waals surface area (Å²) in [6.45, 7) is 6.28. The van der Waals surface area contributed by atoms with Crippen molar-refractivity contribution in [3.63, 3.8) is 0 Å². The fourth-order valence-corrected chi connectivity index (χ4v) is 1.98. The van der Waals surface area contributed by atoms with E-state index in [-0.39, 0.29) is 11.9 Å². The highest BCUT2D eigenvalue weighted by molar-refractivity contribution is 7.80. The number of hydrogen-bond donors (Lipinski definition) is 2. The second kappa shape index (κ2) is 5.14. The standard InChI is InChI=1S/C9H17N3OS/c1-3-7-8(13)11-5-6-12(7)9(14)10-4-2/h7H,3-6H2,1-2H3,(H,10,14)(H,11,13). The number of carbonyl (C=O) groups is 1. The maximum absolute atomic E-state index is 11.5. The van der Waals surface area contributed by atoms with Crippen molar-refractivity contribution in [3.8, 4) is 0 Å². The van der Waals surface area contributed by atoms with Crippen molar-refractivity contribution in [2.75, 3.05) is 19.6 Å². The van der Waals surface area contributed by atoms with Gasteiger partial charge >= 0.3 is 0 Å². The lowest BCUT2D eigenvalue weighted by Crippen LogP contribution is -2.59. The molecule has 1 amide bonds. The Bertz CT molecular complexity index is 232. The molecule has 5 heteroatoms. The van der Waals surface area contributed by atoms with E-state index in [0.717, 1.165) is 19.5 Å². The van der Waals surface area contributed by atoms with Gasteiger partial charge in [-0.05, 0) is 25.6 Å². The highest BCUT2D eigenvalue weighted by Gasteiger charge is 2.29. The van der Waals surface area contributed by atoms with Gasteiger partial charge in [-0.2, -0.15) is 0 Å². The van der Waals surface area contributed by atoms with Crippen molar-refractivity contribution < 1.29 is 4.79 Å². The van der Waals surface area contributed by atoms with Gasteiger partial charge in [0.1, 0.15) is 6.04 Å². The van der Waals surface area contributed by atoms with E-state index >= 15 is 0 Å². The van der Waals surface area contributed by atoms with Crippen LogP contribution < -0.4 is 10.6 Å². The van der Waals surface area contributed by atoms with E-state index in [1.54, 1.807) is 0 Å². The summed E-state index contributed by atoms with van der Waals surface area (Å²) in [5.74, 6) is 0.0824. The number of carbonyl (C=O) groups excluding carboxylic acids is 1. The first-order chi connectivity index (χ1) is 6.70. The zero-order valence-electron chi connectivity index (χ0n) is 8.67. The number of piperazine rings is 1. The fourth-order valence-electron chi connectivity index (χ4n) is 1.62. The smallest absolute Gasteiger partial charge is 0.242 e. The van der Waals surface area contributed by atoms with E-state index < -0.39 is 0 Å². The van der Waals surface area contributed by atoms with Gasteiger partial charge in [0.2, 0.25) is 5.91 Å². The molecule has 2 N–H and O–H groups in total. The number of thiocarbonyl (C=S) groups is 1. The molecule has 1 aliphatic rings. The van der Waals surface area contributed by atoms with E-state index in [0.29, 0.717) is 11.7 Å². The van der Waals surface area contributed by atoms with Crippen LogP contribution in [0.4, 0.5) is 0 Å². The van der Waals surface area contributed by atoms with E-state index in [1.807, 2.05) is 18.7 Å². The van der Waals surface area contributed by atoms with E-state index in [9.17, 15) is 4.79 Å². The van der Waals surface area contributed by atoms with Gasteiger partial charge in [0.15, 0.2) is 5.11 Å². The van der Waals surface area contributed by atoms with Gasteiger partial charge in [-0.25, -0.2) is 0 Å². The molecule has 4 nitrogen and oxygen atoms in total. The van der Waals surface area contributed by atoms with E-state index in [1.165, 1.54) is 0 Å². The number of hydrogen-bond acceptors (Lipinski definition) is 2. The molecule has 1 heterocycles. The Morgan fingerprint density at radius 1 is 1.71 bits per heavy atom. The highest BCUT2D eigenvalue weighted by Crippen LogP contribution is 2.08. The first kappa shape index (κ1) is 11.2. The van der Waals surface area contributed by atoms with Gasteiger partial charge in [-0.15, -0.1) is 0 Å². The molecule has 0 spiro atoms. The third-order valence-corrected chi connectivity index (χ3v) is 2.69. The van der Waals surface area contributed by atoms with Gasteiger partial charge < -0.3 is 15.5 Å². The predicted molar refractivity (Wildman–Crippen MR) is 60.1 cm³/mol. The van der Waals surface area contributed by atoms with Gasteiger partial charge in [0.05, 0.1) is 0 Å². The molecule has 1 saturated heterocycles. The molecule has 0 aromatic heterocycles. The molecule has 80 valence electrons. The first-order valence-corrected chi connectivity index (χ1v) is 5.43. The largest absolute Gasteiger partial charge is 0.363 e. The molecule has 1 aliphatic heterocycles. The minimum Gasteiger partial charge on any atom is -0.363 e. The Hall–Kier alpha value is -0.840. The lowest BCUT2D eigenvalue weighted by Gasteiger charge is -2.36. The summed E-state index contributed by atoms with van der Waals surface area (Å²) in [5.41, 5.74) is 0. The second-order valence-electron chi connectivity index (χ2n) is 3.24. The van der Waals surface area contributed by atoms with Gasteiger partial charge in [-0.3, -0.25) is 4.79 Å².